The summed E-state index contributed by atoms with van der Waals surface area (Å²) in [6, 6.07) is 4.70. The molecule has 0 heterocycles. The van der Waals surface area contributed by atoms with Crippen LogP contribution in [-0.4, -0.2) is 11.9 Å². The highest BCUT2D eigenvalue weighted by Crippen LogP contribution is 2.75. The Morgan fingerprint density at radius 3 is 2.28 bits per heavy atom. The van der Waals surface area contributed by atoms with Crippen molar-refractivity contribution in [3.8, 4) is 17.6 Å². The van der Waals surface area contributed by atoms with Gasteiger partial charge in [0.15, 0.2) is 11.5 Å². The van der Waals surface area contributed by atoms with Crippen LogP contribution in [0.3, 0.4) is 0 Å². The van der Waals surface area contributed by atoms with Crippen molar-refractivity contribution in [2.45, 2.75) is 119 Å². The first-order valence-corrected chi connectivity index (χ1v) is 14.8. The predicted molar refractivity (Wildman–Crippen MR) is 151 cm³/mol. The van der Waals surface area contributed by atoms with Gasteiger partial charge in [-0.25, -0.2) is 0 Å². The van der Waals surface area contributed by atoms with Gasteiger partial charge in [-0.3, -0.25) is 9.59 Å². The van der Waals surface area contributed by atoms with Crippen molar-refractivity contribution in [3.05, 3.63) is 34.4 Å². The lowest BCUT2D eigenvalue weighted by Gasteiger charge is -2.70. The Labute approximate surface area is 234 Å². The molecule has 1 aromatic carbocycles. The van der Waals surface area contributed by atoms with Gasteiger partial charge < -0.3 is 9.47 Å². The molecule has 6 atom stereocenters. The summed E-state index contributed by atoms with van der Waals surface area (Å²) in [5, 5.41) is 10.1. The number of fused-ring (bicyclic) bond motifs is 7. The zero-order valence-electron chi connectivity index (χ0n) is 25.2. The highest BCUT2D eigenvalue weighted by Gasteiger charge is 2.67. The van der Waals surface area contributed by atoms with Crippen molar-refractivity contribution in [1.29, 1.82) is 5.26 Å². The first-order valence-electron chi connectivity index (χ1n) is 14.8. The average Bonchev–Trinajstić information content (AvgIpc) is 2.87. The highest BCUT2D eigenvalue weighted by atomic mass is 16.6. The molecule has 1 aromatic rings. The second-order valence-corrected chi connectivity index (χ2v) is 14.1. The third-order valence-electron chi connectivity index (χ3n) is 12.1. The van der Waals surface area contributed by atoms with Crippen LogP contribution in [0.5, 0.6) is 11.5 Å². The van der Waals surface area contributed by atoms with Gasteiger partial charge in [-0.05, 0) is 117 Å². The Bertz CT molecular complexity index is 1320. The molecule has 0 aromatic heterocycles. The summed E-state index contributed by atoms with van der Waals surface area (Å²) in [6.07, 6.45) is 12.0. The molecule has 5 rings (SSSR count). The standard InChI is InChI=1S/C34H45NO4/c1-9-34-17-15-32(7)25-18-26(38-22(3)36)29(39-23(4)37)21(2)24(25)10-11-27(32)33(34,8)16-14-31(6)13-12-30(5,20-35)19-28(31)34/h11,18,28H,9-10,12-17,19H2,1-8H3/t28-,30-,31-,32+,33-,34+/m1/s1. The smallest absolute Gasteiger partial charge is 0.308 e. The van der Waals surface area contributed by atoms with Crippen molar-refractivity contribution in [1.82, 2.24) is 0 Å². The molecule has 0 amide bonds. The quantitative estimate of drug-likeness (QED) is 0.225. The molecular formula is C34H45NO4. The molecule has 4 aliphatic carbocycles. The van der Waals surface area contributed by atoms with Gasteiger partial charge in [-0.1, -0.05) is 39.3 Å². The van der Waals surface area contributed by atoms with Crippen LogP contribution >= 0.6 is 0 Å². The molecule has 210 valence electrons. The summed E-state index contributed by atoms with van der Waals surface area (Å²) >= 11 is 0. The summed E-state index contributed by atoms with van der Waals surface area (Å²) in [7, 11) is 0. The number of hydrogen-bond acceptors (Lipinski definition) is 5. The van der Waals surface area contributed by atoms with Crippen LogP contribution < -0.4 is 9.47 Å². The van der Waals surface area contributed by atoms with Crippen molar-refractivity contribution in [2.75, 3.05) is 0 Å². The van der Waals surface area contributed by atoms with E-state index < -0.39 is 11.9 Å². The van der Waals surface area contributed by atoms with Crippen molar-refractivity contribution < 1.29 is 19.1 Å². The molecule has 39 heavy (non-hydrogen) atoms. The Kier molecular flexibility index (Phi) is 6.41. The van der Waals surface area contributed by atoms with Crippen LogP contribution in [0.1, 0.15) is 117 Å². The fraction of sp³-hybridized carbons (Fsp3) is 0.676. The van der Waals surface area contributed by atoms with E-state index in [0.29, 0.717) is 17.4 Å². The Morgan fingerprint density at radius 2 is 1.67 bits per heavy atom. The number of allylic oxidation sites excluding steroid dienone is 2. The third-order valence-corrected chi connectivity index (χ3v) is 12.1. The zero-order chi connectivity index (χ0) is 28.6. The van der Waals surface area contributed by atoms with Crippen molar-refractivity contribution in [2.24, 2.45) is 27.6 Å². The Hall–Kier alpha value is -2.61. The van der Waals surface area contributed by atoms with Gasteiger partial charge in [0.25, 0.3) is 0 Å². The van der Waals surface area contributed by atoms with Gasteiger partial charge in [0.2, 0.25) is 0 Å². The molecular weight excluding hydrogens is 486 g/mol. The lowest BCUT2D eigenvalue weighted by atomic mass is 9.33. The molecule has 4 aliphatic rings. The van der Waals surface area contributed by atoms with Gasteiger partial charge in [0.05, 0.1) is 11.5 Å². The minimum absolute atomic E-state index is 0.0222. The summed E-state index contributed by atoms with van der Waals surface area (Å²) in [5.41, 5.74) is 4.78. The number of carbonyl (C=O) groups excluding carboxylic acids is 2. The molecule has 5 heteroatoms. The molecule has 0 N–H and O–H groups in total. The number of nitrogens with zero attached hydrogens (tertiary/aromatic N) is 1. The van der Waals surface area contributed by atoms with E-state index in [1.54, 1.807) is 0 Å². The summed E-state index contributed by atoms with van der Waals surface area (Å²) in [5.74, 6) is 0.355. The van der Waals surface area contributed by atoms with E-state index in [-0.39, 0.29) is 27.1 Å². The molecule has 3 fully saturated rings. The highest BCUT2D eigenvalue weighted by molar-refractivity contribution is 5.76. The van der Waals surface area contributed by atoms with Crippen LogP contribution in [0.2, 0.25) is 0 Å². The number of hydrogen-bond donors (Lipinski definition) is 0. The largest absolute Gasteiger partial charge is 0.423 e. The van der Waals surface area contributed by atoms with Crippen LogP contribution in [0.4, 0.5) is 0 Å². The van der Waals surface area contributed by atoms with Gasteiger partial charge >= 0.3 is 11.9 Å². The average molecular weight is 532 g/mol. The molecule has 0 saturated heterocycles. The first-order chi connectivity index (χ1) is 18.2. The number of nitriles is 1. The molecule has 0 spiro atoms. The van der Waals surface area contributed by atoms with E-state index in [1.165, 1.54) is 37.0 Å². The molecule has 0 bridgehead atoms. The second kappa shape index (κ2) is 8.95. The summed E-state index contributed by atoms with van der Waals surface area (Å²) in [6.45, 7) is 16.7. The monoisotopic (exact) mass is 531 g/mol. The van der Waals surface area contributed by atoms with Crippen LogP contribution in [0.25, 0.3) is 0 Å². The molecule has 5 nitrogen and oxygen atoms in total. The van der Waals surface area contributed by atoms with Crippen molar-refractivity contribution in [3.63, 3.8) is 0 Å². The van der Waals surface area contributed by atoms with Crippen LogP contribution in [0, 0.1) is 45.8 Å². The number of carbonyl (C=O) groups is 2. The normalized spacial score (nSPS) is 38.6. The van der Waals surface area contributed by atoms with Gasteiger partial charge in [0.1, 0.15) is 0 Å². The van der Waals surface area contributed by atoms with Gasteiger partial charge in [0, 0.05) is 19.3 Å². The van der Waals surface area contributed by atoms with E-state index in [9.17, 15) is 14.9 Å². The first kappa shape index (κ1) is 27.9. The van der Waals surface area contributed by atoms with Crippen LogP contribution in [0.15, 0.2) is 17.7 Å². The molecule has 0 radical (unpaired) electrons. The summed E-state index contributed by atoms with van der Waals surface area (Å²) in [4.78, 5) is 24.0. The number of benzene rings is 1. The van der Waals surface area contributed by atoms with Crippen LogP contribution in [-0.2, 0) is 21.4 Å². The second-order valence-electron chi connectivity index (χ2n) is 14.1. The maximum atomic E-state index is 12.1. The Balaban J connectivity index is 1.66. The van der Waals surface area contributed by atoms with Gasteiger partial charge in [-0.2, -0.15) is 5.26 Å². The fourth-order valence-electron chi connectivity index (χ4n) is 9.85. The molecule has 0 aliphatic heterocycles. The van der Waals surface area contributed by atoms with Crippen molar-refractivity contribution >= 4 is 11.9 Å². The van der Waals surface area contributed by atoms with E-state index in [2.05, 4.69) is 46.8 Å². The maximum absolute atomic E-state index is 12.1. The van der Waals surface area contributed by atoms with E-state index in [4.69, 9.17) is 9.47 Å². The van der Waals surface area contributed by atoms with E-state index >= 15 is 0 Å². The lowest BCUT2D eigenvalue weighted by Crippen LogP contribution is -2.63. The predicted octanol–water partition coefficient (Wildman–Crippen LogP) is 7.91. The topological polar surface area (TPSA) is 76.4 Å². The zero-order valence-corrected chi connectivity index (χ0v) is 25.2. The summed E-state index contributed by atoms with van der Waals surface area (Å²) < 4.78 is 11.2. The fourth-order valence-corrected chi connectivity index (χ4v) is 9.85. The van der Waals surface area contributed by atoms with Gasteiger partial charge in [-0.15, -0.1) is 0 Å². The maximum Gasteiger partial charge on any atom is 0.308 e. The number of esters is 2. The Morgan fingerprint density at radius 1 is 1.00 bits per heavy atom. The SMILES string of the molecule is CC[C@@]12CC[C@]3(C)C(=CCc4c3cc(OC(C)=O)c(OC(C)=O)c4C)[C@@]1(C)CC[C@@]1(C)CC[C@@](C)(C#N)C[C@H]12. The van der Waals surface area contributed by atoms with E-state index in [1.807, 2.05) is 13.0 Å². The number of ether oxygens (including phenoxy) is 2. The molecule has 3 saturated carbocycles. The molecule has 0 unspecified atom stereocenters. The minimum atomic E-state index is -0.426. The lowest BCUT2D eigenvalue weighted by molar-refractivity contribution is -0.164. The number of rotatable bonds is 3. The minimum Gasteiger partial charge on any atom is -0.423 e. The van der Waals surface area contributed by atoms with E-state index in [0.717, 1.165) is 56.9 Å². The third kappa shape index (κ3) is 3.84.